The van der Waals surface area contributed by atoms with Crippen LogP contribution in [0.2, 0.25) is 0 Å². The molecule has 0 saturated carbocycles. The molecule has 0 unspecified atom stereocenters. The molecular weight excluding hydrogens is 277 g/mol. The van der Waals surface area contributed by atoms with Gasteiger partial charge in [0.15, 0.2) is 0 Å². The van der Waals surface area contributed by atoms with Crippen molar-refractivity contribution in [2.45, 2.75) is 19.9 Å². The molecular formula is C14H14FN3O3. The maximum Gasteiger partial charge on any atom is 0.305 e. The number of carbonyl (C=O) groups is 2. The number of hydrogen-bond donors (Lipinski definition) is 2. The highest BCUT2D eigenvalue weighted by Gasteiger charge is 2.14. The van der Waals surface area contributed by atoms with E-state index in [9.17, 15) is 14.0 Å². The van der Waals surface area contributed by atoms with E-state index in [4.69, 9.17) is 5.11 Å². The highest BCUT2D eigenvalue weighted by molar-refractivity contribution is 6.03. The number of benzene rings is 1. The quantitative estimate of drug-likeness (QED) is 0.883. The van der Waals surface area contributed by atoms with E-state index in [1.54, 1.807) is 6.92 Å². The number of aliphatic carboxylic acids is 1. The Hall–Kier alpha value is -2.70. The second-order valence-electron chi connectivity index (χ2n) is 4.50. The number of anilines is 1. The van der Waals surface area contributed by atoms with Gasteiger partial charge in [-0.25, -0.2) is 4.39 Å². The van der Waals surface area contributed by atoms with Crippen LogP contribution in [0.1, 0.15) is 22.5 Å². The van der Waals surface area contributed by atoms with Crippen molar-refractivity contribution in [1.29, 1.82) is 0 Å². The first-order valence-corrected chi connectivity index (χ1v) is 6.28. The second kappa shape index (κ2) is 6.17. The average Bonchev–Trinajstić information content (AvgIpc) is 2.88. The Kier molecular flexibility index (Phi) is 4.32. The van der Waals surface area contributed by atoms with E-state index < -0.39 is 11.9 Å². The van der Waals surface area contributed by atoms with Crippen molar-refractivity contribution in [3.63, 3.8) is 0 Å². The van der Waals surface area contributed by atoms with Gasteiger partial charge >= 0.3 is 5.97 Å². The summed E-state index contributed by atoms with van der Waals surface area (Å²) in [5.74, 6) is -1.77. The molecule has 1 heterocycles. The van der Waals surface area contributed by atoms with Crippen molar-refractivity contribution in [3.05, 3.63) is 47.5 Å². The molecule has 0 atom stereocenters. The van der Waals surface area contributed by atoms with Gasteiger partial charge in [-0.3, -0.25) is 14.3 Å². The molecule has 1 aromatic carbocycles. The molecule has 0 aliphatic heterocycles. The Bertz CT molecular complexity index is 682. The molecule has 2 aromatic rings. The van der Waals surface area contributed by atoms with Crippen molar-refractivity contribution in [2.24, 2.45) is 0 Å². The van der Waals surface area contributed by atoms with Gasteiger partial charge in [-0.2, -0.15) is 5.10 Å². The normalized spacial score (nSPS) is 10.4. The molecule has 0 aliphatic rings. The number of carbonyl (C=O) groups excluding carboxylic acids is 1. The van der Waals surface area contributed by atoms with Crippen molar-refractivity contribution in [3.8, 4) is 0 Å². The van der Waals surface area contributed by atoms with Crippen LogP contribution in [0.15, 0.2) is 30.5 Å². The predicted octanol–water partition coefficient (Wildman–Crippen LogP) is 2.06. The number of rotatable bonds is 5. The number of nitrogens with zero attached hydrogens (tertiary/aromatic N) is 2. The van der Waals surface area contributed by atoms with Crippen LogP contribution in [0.4, 0.5) is 10.1 Å². The third kappa shape index (κ3) is 3.65. The van der Waals surface area contributed by atoms with Gasteiger partial charge in [0, 0.05) is 11.9 Å². The predicted molar refractivity (Wildman–Crippen MR) is 73.6 cm³/mol. The van der Waals surface area contributed by atoms with Gasteiger partial charge in [-0.15, -0.1) is 0 Å². The first-order valence-electron chi connectivity index (χ1n) is 6.28. The van der Waals surface area contributed by atoms with Crippen LogP contribution >= 0.6 is 0 Å². The minimum absolute atomic E-state index is 0.105. The Morgan fingerprint density at radius 1 is 1.38 bits per heavy atom. The van der Waals surface area contributed by atoms with Crippen LogP contribution in [0, 0.1) is 12.7 Å². The number of carboxylic acid groups (broad SMARTS) is 1. The Morgan fingerprint density at radius 3 is 2.81 bits per heavy atom. The lowest BCUT2D eigenvalue weighted by atomic mass is 10.2. The highest BCUT2D eigenvalue weighted by Crippen LogP contribution is 2.16. The molecule has 0 spiro atoms. The van der Waals surface area contributed by atoms with Gasteiger partial charge in [0.05, 0.1) is 13.0 Å². The number of carboxylic acids is 1. The van der Waals surface area contributed by atoms with Gasteiger partial charge in [0.2, 0.25) is 0 Å². The highest BCUT2D eigenvalue weighted by atomic mass is 19.1. The number of aromatic nitrogens is 2. The molecule has 110 valence electrons. The number of aryl methyl sites for hydroxylation is 2. The van der Waals surface area contributed by atoms with Crippen LogP contribution in [-0.4, -0.2) is 26.8 Å². The summed E-state index contributed by atoms with van der Waals surface area (Å²) in [7, 11) is 0. The largest absolute Gasteiger partial charge is 0.481 e. The fourth-order valence-corrected chi connectivity index (χ4v) is 1.86. The Morgan fingerprint density at radius 2 is 2.14 bits per heavy atom. The molecule has 1 aromatic heterocycles. The van der Waals surface area contributed by atoms with E-state index in [0.717, 1.165) is 0 Å². The molecule has 2 N–H and O–H groups in total. The summed E-state index contributed by atoms with van der Waals surface area (Å²) >= 11 is 0. The van der Waals surface area contributed by atoms with Gasteiger partial charge < -0.3 is 10.4 Å². The first-order chi connectivity index (χ1) is 9.97. The topological polar surface area (TPSA) is 84.2 Å². The van der Waals surface area contributed by atoms with E-state index in [0.29, 0.717) is 11.3 Å². The van der Waals surface area contributed by atoms with Crippen LogP contribution in [0.3, 0.4) is 0 Å². The van der Waals surface area contributed by atoms with Crippen LogP contribution in [0.25, 0.3) is 0 Å². The molecule has 6 nitrogen and oxygen atoms in total. The lowest BCUT2D eigenvalue weighted by Crippen LogP contribution is -2.19. The van der Waals surface area contributed by atoms with E-state index >= 15 is 0 Å². The minimum Gasteiger partial charge on any atom is -0.481 e. The van der Waals surface area contributed by atoms with Crippen molar-refractivity contribution < 1.29 is 19.1 Å². The maximum absolute atomic E-state index is 13.0. The smallest absolute Gasteiger partial charge is 0.305 e. The van der Waals surface area contributed by atoms with Gasteiger partial charge in [-0.05, 0) is 36.8 Å². The zero-order valence-electron chi connectivity index (χ0n) is 11.3. The molecule has 0 fully saturated rings. The monoisotopic (exact) mass is 291 g/mol. The third-order valence-electron chi connectivity index (χ3n) is 2.92. The molecule has 7 heteroatoms. The zero-order chi connectivity index (χ0) is 15.4. The lowest BCUT2D eigenvalue weighted by Gasteiger charge is -2.09. The van der Waals surface area contributed by atoms with Gasteiger partial charge in [0.1, 0.15) is 11.5 Å². The number of hydrogen-bond acceptors (Lipinski definition) is 3. The molecule has 21 heavy (non-hydrogen) atoms. The molecule has 0 aliphatic carbocycles. The summed E-state index contributed by atoms with van der Waals surface area (Å²) in [6.45, 7) is 1.79. The van der Waals surface area contributed by atoms with Crippen molar-refractivity contribution in [2.75, 3.05) is 5.32 Å². The summed E-state index contributed by atoms with van der Waals surface area (Å²) < 4.78 is 14.3. The number of nitrogens with one attached hydrogen (secondary N) is 1. The van der Waals surface area contributed by atoms with E-state index in [1.807, 2.05) is 0 Å². The van der Waals surface area contributed by atoms with Crippen LogP contribution in [-0.2, 0) is 11.3 Å². The molecule has 1 amide bonds. The average molecular weight is 291 g/mol. The van der Waals surface area contributed by atoms with Crippen molar-refractivity contribution in [1.82, 2.24) is 9.78 Å². The summed E-state index contributed by atoms with van der Waals surface area (Å²) in [5.41, 5.74) is 1.34. The molecule has 2 rings (SSSR count). The van der Waals surface area contributed by atoms with Crippen LogP contribution in [0.5, 0.6) is 0 Å². The third-order valence-corrected chi connectivity index (χ3v) is 2.92. The Balaban J connectivity index is 2.13. The van der Waals surface area contributed by atoms with Gasteiger partial charge in [-0.1, -0.05) is 0 Å². The number of halogens is 1. The fraction of sp³-hybridized carbons (Fsp3) is 0.214. The van der Waals surface area contributed by atoms with Crippen LogP contribution < -0.4 is 5.32 Å². The molecule has 0 radical (unpaired) electrons. The second-order valence-corrected chi connectivity index (χ2v) is 4.50. The summed E-state index contributed by atoms with van der Waals surface area (Å²) in [6, 6.07) is 5.54. The van der Waals surface area contributed by atoms with Crippen molar-refractivity contribution >= 4 is 17.6 Å². The fourth-order valence-electron chi connectivity index (χ4n) is 1.86. The minimum atomic E-state index is -0.966. The number of amides is 1. The SMILES string of the molecule is Cc1cc(F)ccc1NC(=O)c1ccnn1CCC(=O)O. The van der Waals surface area contributed by atoms with Gasteiger partial charge in [0.25, 0.3) is 5.91 Å². The van der Waals surface area contributed by atoms with E-state index in [1.165, 1.54) is 35.1 Å². The summed E-state index contributed by atoms with van der Waals surface area (Å²) in [4.78, 5) is 22.7. The standard InChI is InChI=1S/C14H14FN3O3/c1-9-8-10(15)2-3-11(9)17-14(21)12-4-6-16-18(12)7-5-13(19)20/h2-4,6,8H,5,7H2,1H3,(H,17,21)(H,19,20). The Labute approximate surface area is 120 Å². The summed E-state index contributed by atoms with van der Waals surface area (Å²) in [6.07, 6.45) is 1.30. The molecule has 0 bridgehead atoms. The lowest BCUT2D eigenvalue weighted by molar-refractivity contribution is -0.137. The zero-order valence-corrected chi connectivity index (χ0v) is 11.3. The van der Waals surface area contributed by atoms with E-state index in [2.05, 4.69) is 10.4 Å². The first kappa shape index (κ1) is 14.7. The summed E-state index contributed by atoms with van der Waals surface area (Å²) in [5, 5.41) is 15.2. The van der Waals surface area contributed by atoms with E-state index in [-0.39, 0.29) is 24.5 Å². The maximum atomic E-state index is 13.0. The molecule has 0 saturated heterocycles.